The van der Waals surface area contributed by atoms with E-state index in [1.54, 1.807) is 13.8 Å². The summed E-state index contributed by atoms with van der Waals surface area (Å²) in [5.41, 5.74) is 7.31. The van der Waals surface area contributed by atoms with Crippen molar-refractivity contribution in [3.05, 3.63) is 189 Å². The van der Waals surface area contributed by atoms with Gasteiger partial charge in [-0.15, -0.1) is 59.3 Å². The average Bonchev–Trinajstić information content (AvgIpc) is 4.14. The predicted molar refractivity (Wildman–Crippen MR) is 307 cm³/mol. The standard InChI is InChI=1S/C18H18N2Si.2C18H17N2Si.C6H9O.2Ir/c3*1-21(2,3)13-8-9-17-16(12-13)14-6-4-5-7-15(14)18-19-10-11-20(17)18;1-5(2)4-6(3)7;;/h4-12H,1-3H3;2*4-6,8-12H,1-3H3;1,4,7H,2-3H3;;/q;3*-1;;. The number of pyridine rings is 3. The Labute approximate surface area is 453 Å². The molecule has 12 rings (SSSR count). The van der Waals surface area contributed by atoms with Crippen LogP contribution in [0.5, 0.6) is 0 Å². The second-order valence-corrected chi connectivity index (χ2v) is 36.5. The second kappa shape index (κ2) is 21.3. The number of fused-ring (bicyclic) bond motifs is 18. The third-order valence-corrected chi connectivity index (χ3v) is 19.1. The number of aromatic nitrogens is 6. The molecule has 6 aromatic carbocycles. The van der Waals surface area contributed by atoms with Crippen molar-refractivity contribution >= 4 is 122 Å². The van der Waals surface area contributed by atoms with Crippen LogP contribution in [0.2, 0.25) is 58.9 Å². The molecule has 1 N–H and O–H groups in total. The summed E-state index contributed by atoms with van der Waals surface area (Å²) in [7, 11) is -3.96. The van der Waals surface area contributed by atoms with Crippen LogP contribution in [0.15, 0.2) is 170 Å². The fourth-order valence-corrected chi connectivity index (χ4v) is 12.8. The van der Waals surface area contributed by atoms with Crippen molar-refractivity contribution < 1.29 is 45.3 Å². The third-order valence-electron chi connectivity index (χ3n) is 12.9. The maximum Gasteiger partial charge on any atom is 0.145 e. The van der Waals surface area contributed by atoms with Crippen molar-refractivity contribution in [2.24, 2.45) is 0 Å². The van der Waals surface area contributed by atoms with E-state index in [4.69, 9.17) is 11.7 Å². The normalized spacial score (nSPS) is 12.1. The van der Waals surface area contributed by atoms with Gasteiger partial charge >= 0.3 is 0 Å². The van der Waals surface area contributed by atoms with E-state index in [9.17, 15) is 0 Å². The number of hydrogen-bond donors (Lipinski definition) is 1. The number of allylic oxidation sites excluding steroid dienone is 3. The molecule has 6 aromatic heterocycles. The Morgan fingerprint density at radius 2 is 0.819 bits per heavy atom. The van der Waals surface area contributed by atoms with Crippen LogP contribution < -0.4 is 15.6 Å². The molecule has 12 aromatic rings. The van der Waals surface area contributed by atoms with Crippen molar-refractivity contribution in [2.45, 2.75) is 72.8 Å². The van der Waals surface area contributed by atoms with Crippen LogP contribution >= 0.6 is 0 Å². The van der Waals surface area contributed by atoms with E-state index in [1.807, 2.05) is 43.1 Å². The number of aliphatic hydroxyl groups excluding tert-OH is 1. The Morgan fingerprint density at radius 3 is 1.18 bits per heavy atom. The summed E-state index contributed by atoms with van der Waals surface area (Å²) in [4.78, 5) is 13.6. The van der Waals surface area contributed by atoms with Crippen molar-refractivity contribution in [2.75, 3.05) is 0 Å². The smallest absolute Gasteiger partial charge is 0.145 e. The van der Waals surface area contributed by atoms with Gasteiger partial charge in [0.2, 0.25) is 0 Å². The molecule has 0 spiro atoms. The number of hydrogen-bond acceptors (Lipinski definition) is 4. The zero-order valence-corrected chi connectivity index (χ0v) is 50.7. The van der Waals surface area contributed by atoms with Gasteiger partial charge in [-0.1, -0.05) is 153 Å². The van der Waals surface area contributed by atoms with Crippen molar-refractivity contribution in [3.8, 4) is 0 Å². The maximum atomic E-state index is 8.48. The molecule has 0 saturated carbocycles. The number of imidazole rings is 3. The van der Waals surface area contributed by atoms with Gasteiger partial charge in [-0.05, 0) is 41.3 Å². The van der Waals surface area contributed by atoms with Crippen LogP contribution in [-0.4, -0.2) is 57.5 Å². The van der Waals surface area contributed by atoms with Crippen LogP contribution in [0.4, 0.5) is 0 Å². The largest absolute Gasteiger partial charge is 0.531 e. The summed E-state index contributed by atoms with van der Waals surface area (Å²) in [5, 5.41) is 24.1. The fourth-order valence-electron chi connectivity index (χ4n) is 9.28. The van der Waals surface area contributed by atoms with Crippen molar-refractivity contribution in [3.63, 3.8) is 0 Å². The molecule has 0 aliphatic heterocycles. The fraction of sp³-hybridized carbons (Fsp3) is 0.183. The molecule has 2 radical (unpaired) electrons. The quantitative estimate of drug-likeness (QED) is 0.0627. The SMILES string of the molecule is C[Si](C)(C)c1ccc2c(c1)c1ccc[c-]c1c1nccn21.C[Si](C)(C)c1ccc2c(c1)c1ccc[c-]c1c1nccn21.C[Si](C)(C)c1ccc2c(c1)c1ccccc1c1nccn21.[CH-]=C(C)C=C(C)O.[Ir].[Ir]. The van der Waals surface area contributed by atoms with Gasteiger partial charge in [-0.2, -0.15) is 6.08 Å². The van der Waals surface area contributed by atoms with E-state index >= 15 is 0 Å². The van der Waals surface area contributed by atoms with Crippen LogP contribution in [0.3, 0.4) is 0 Å². The van der Waals surface area contributed by atoms with Gasteiger partial charge in [0.15, 0.2) is 0 Å². The molecular formula is C60H61Ir2N6OSi3-3. The number of benzene rings is 6. The minimum absolute atomic E-state index is 0. The molecule has 0 saturated heterocycles. The average molecular weight is 1350 g/mol. The Hall–Kier alpha value is -5.82. The zero-order chi connectivity index (χ0) is 49.7. The van der Waals surface area contributed by atoms with Crippen LogP contribution in [0, 0.1) is 18.7 Å². The number of nitrogens with zero attached hydrogens (tertiary/aromatic N) is 6. The van der Waals surface area contributed by atoms with Crippen LogP contribution in [0.1, 0.15) is 13.8 Å². The van der Waals surface area contributed by atoms with E-state index in [0.717, 1.165) is 27.7 Å². The summed E-state index contributed by atoms with van der Waals surface area (Å²) in [5.74, 6) is 0.250. The van der Waals surface area contributed by atoms with Gasteiger partial charge < -0.3 is 13.9 Å². The van der Waals surface area contributed by atoms with Gasteiger partial charge in [-0.3, -0.25) is 20.9 Å². The molecular weight excluding hydrogens is 1290 g/mol. The van der Waals surface area contributed by atoms with Gasteiger partial charge in [0, 0.05) is 105 Å². The number of rotatable bonds is 4. The van der Waals surface area contributed by atoms with E-state index < -0.39 is 24.2 Å². The van der Waals surface area contributed by atoms with Crippen molar-refractivity contribution in [1.29, 1.82) is 0 Å². The molecule has 0 atom stereocenters. The van der Waals surface area contributed by atoms with E-state index in [1.165, 1.54) is 75.9 Å². The summed E-state index contributed by atoms with van der Waals surface area (Å²) in [6, 6.07) is 48.4. The maximum absolute atomic E-state index is 8.48. The molecule has 370 valence electrons. The topological polar surface area (TPSA) is 72.1 Å². The summed E-state index contributed by atoms with van der Waals surface area (Å²) in [6.07, 6.45) is 13.2. The van der Waals surface area contributed by atoms with Crippen LogP contribution in [-0.2, 0) is 40.2 Å². The molecule has 0 aliphatic rings. The Bertz CT molecular complexity index is 3590. The summed E-state index contributed by atoms with van der Waals surface area (Å²) < 4.78 is 6.54. The monoisotopic (exact) mass is 1350 g/mol. The third kappa shape index (κ3) is 10.8. The van der Waals surface area contributed by atoms with Gasteiger partial charge in [0.1, 0.15) is 5.65 Å². The Morgan fingerprint density at radius 1 is 0.472 bits per heavy atom. The first kappa shape index (κ1) is 54.0. The molecule has 0 aliphatic carbocycles. The summed E-state index contributed by atoms with van der Waals surface area (Å²) >= 11 is 0. The molecule has 0 fully saturated rings. The molecule has 72 heavy (non-hydrogen) atoms. The second-order valence-electron chi connectivity index (χ2n) is 21.3. The van der Waals surface area contributed by atoms with E-state index in [0.29, 0.717) is 5.57 Å². The zero-order valence-electron chi connectivity index (χ0n) is 42.9. The van der Waals surface area contributed by atoms with E-state index in [2.05, 4.69) is 209 Å². The Kier molecular flexibility index (Phi) is 16.0. The van der Waals surface area contributed by atoms with E-state index in [-0.39, 0.29) is 46.0 Å². The van der Waals surface area contributed by atoms with Crippen LogP contribution in [0.25, 0.3) is 82.0 Å². The molecule has 0 unspecified atom stereocenters. The first-order valence-corrected chi connectivity index (χ1v) is 34.4. The molecule has 6 heterocycles. The van der Waals surface area contributed by atoms with Crippen molar-refractivity contribution in [1.82, 2.24) is 28.2 Å². The Balaban J connectivity index is 0.000000147. The summed E-state index contributed by atoms with van der Waals surface area (Å²) in [6.45, 7) is 30.0. The van der Waals surface area contributed by atoms with Gasteiger partial charge in [0.05, 0.1) is 41.0 Å². The first-order chi connectivity index (χ1) is 33.3. The molecule has 12 heteroatoms. The minimum atomic E-state index is -1.32. The molecule has 0 amide bonds. The first-order valence-electron chi connectivity index (χ1n) is 23.9. The molecule has 0 bridgehead atoms. The minimum Gasteiger partial charge on any atom is -0.531 e. The van der Waals surface area contributed by atoms with Gasteiger partial charge in [-0.25, -0.2) is 10.6 Å². The van der Waals surface area contributed by atoms with Gasteiger partial charge in [0.25, 0.3) is 0 Å². The molecule has 7 nitrogen and oxygen atoms in total. The number of aliphatic hydroxyl groups is 1. The predicted octanol–water partition coefficient (Wildman–Crippen LogP) is 14.0.